The van der Waals surface area contributed by atoms with Crippen molar-refractivity contribution in [2.24, 2.45) is 0 Å². The fourth-order valence-corrected chi connectivity index (χ4v) is 3.00. The van der Waals surface area contributed by atoms with Gasteiger partial charge >= 0.3 is 0 Å². The highest BCUT2D eigenvalue weighted by Gasteiger charge is 2.34. The van der Waals surface area contributed by atoms with Gasteiger partial charge in [0.25, 0.3) is 0 Å². The van der Waals surface area contributed by atoms with Gasteiger partial charge in [-0.15, -0.1) is 0 Å². The summed E-state index contributed by atoms with van der Waals surface area (Å²) in [6.07, 6.45) is 2.18. The minimum Gasteiger partial charge on any atom is -0.465 e. The molecule has 25 heavy (non-hydrogen) atoms. The van der Waals surface area contributed by atoms with Crippen molar-refractivity contribution in [3.8, 4) is 0 Å². The molecule has 0 atom stereocenters. The van der Waals surface area contributed by atoms with E-state index >= 15 is 0 Å². The average Bonchev–Trinajstić information content (AvgIpc) is 3.18. The molecular weight excluding hydrogens is 316 g/mol. The third kappa shape index (κ3) is 4.75. The van der Waals surface area contributed by atoms with E-state index in [0.717, 1.165) is 35.9 Å². The Morgan fingerprint density at radius 3 is 2.04 bits per heavy atom. The van der Waals surface area contributed by atoms with Gasteiger partial charge in [-0.1, -0.05) is 0 Å². The summed E-state index contributed by atoms with van der Waals surface area (Å²) < 4.78 is 11.4. The van der Waals surface area contributed by atoms with Crippen molar-refractivity contribution in [3.05, 3.63) is 47.3 Å². The fourth-order valence-electron chi connectivity index (χ4n) is 3.00. The van der Waals surface area contributed by atoms with E-state index in [1.165, 1.54) is 0 Å². The Morgan fingerprint density at radius 2 is 1.60 bits per heavy atom. The minimum absolute atomic E-state index is 0.161. The molecule has 5 heteroatoms. The topological polar surface area (TPSA) is 49.8 Å². The highest BCUT2D eigenvalue weighted by molar-refractivity contribution is 5.79. The van der Waals surface area contributed by atoms with Crippen LogP contribution in [0, 0.1) is 13.8 Å². The van der Waals surface area contributed by atoms with Crippen molar-refractivity contribution in [2.45, 2.75) is 65.7 Å². The molecule has 0 spiro atoms. The van der Waals surface area contributed by atoms with Gasteiger partial charge in [0.2, 0.25) is 5.91 Å². The first-order chi connectivity index (χ1) is 11.9. The number of nitrogens with zero attached hydrogens (tertiary/aromatic N) is 2. The summed E-state index contributed by atoms with van der Waals surface area (Å²) in [5.41, 5.74) is 0. The molecule has 0 saturated heterocycles. The number of hydrogen-bond acceptors (Lipinski definition) is 4. The zero-order chi connectivity index (χ0) is 18.0. The van der Waals surface area contributed by atoms with Crippen molar-refractivity contribution < 1.29 is 13.6 Å². The molecule has 0 radical (unpaired) electrons. The van der Waals surface area contributed by atoms with Crippen LogP contribution in [0.15, 0.2) is 33.1 Å². The van der Waals surface area contributed by atoms with Crippen LogP contribution >= 0.6 is 0 Å². The molecule has 1 amide bonds. The number of furan rings is 2. The van der Waals surface area contributed by atoms with Gasteiger partial charge < -0.3 is 13.7 Å². The Labute approximate surface area is 149 Å². The van der Waals surface area contributed by atoms with E-state index in [-0.39, 0.29) is 11.9 Å². The lowest BCUT2D eigenvalue weighted by Crippen LogP contribution is -2.43. The van der Waals surface area contributed by atoms with Crippen LogP contribution in [0.2, 0.25) is 0 Å². The van der Waals surface area contributed by atoms with Gasteiger partial charge in [-0.25, -0.2) is 0 Å². The number of carbonyl (C=O) groups excluding carboxylic acids is 1. The molecule has 3 rings (SSSR count). The van der Waals surface area contributed by atoms with Gasteiger partial charge in [0, 0.05) is 12.1 Å². The van der Waals surface area contributed by atoms with Gasteiger partial charge in [-0.05, 0) is 64.8 Å². The van der Waals surface area contributed by atoms with Crippen LogP contribution < -0.4 is 0 Å². The molecule has 1 fully saturated rings. The highest BCUT2D eigenvalue weighted by atomic mass is 16.3. The zero-order valence-electron chi connectivity index (χ0n) is 15.6. The largest absolute Gasteiger partial charge is 0.465 e. The summed E-state index contributed by atoms with van der Waals surface area (Å²) >= 11 is 0. The number of amides is 1. The van der Waals surface area contributed by atoms with Crippen LogP contribution in [0.4, 0.5) is 0 Å². The standard InChI is InChI=1S/C20H28N2O3/c1-14(2)21(11-18-9-5-15(3)24-18)13-20(23)22(17-7-8-17)12-19-10-6-16(4)25-19/h5-6,9-10,14,17H,7-8,11-13H2,1-4H3. The van der Waals surface area contributed by atoms with Crippen molar-refractivity contribution >= 4 is 5.91 Å². The summed E-state index contributed by atoms with van der Waals surface area (Å²) in [6.45, 7) is 9.69. The molecule has 0 unspecified atom stereocenters. The second kappa shape index (κ2) is 7.48. The smallest absolute Gasteiger partial charge is 0.237 e. The summed E-state index contributed by atoms with van der Waals surface area (Å²) in [5, 5.41) is 0. The third-order valence-electron chi connectivity index (χ3n) is 4.65. The van der Waals surface area contributed by atoms with E-state index in [1.54, 1.807) is 0 Å². The molecule has 2 aromatic heterocycles. The molecule has 0 aromatic carbocycles. The zero-order valence-corrected chi connectivity index (χ0v) is 15.6. The van der Waals surface area contributed by atoms with E-state index in [0.29, 0.717) is 25.7 Å². The van der Waals surface area contributed by atoms with Crippen LogP contribution in [-0.2, 0) is 17.9 Å². The summed E-state index contributed by atoms with van der Waals surface area (Å²) in [7, 11) is 0. The number of carbonyl (C=O) groups is 1. The van der Waals surface area contributed by atoms with Crippen LogP contribution in [0.1, 0.15) is 49.7 Å². The van der Waals surface area contributed by atoms with Crippen molar-refractivity contribution in [1.82, 2.24) is 9.80 Å². The van der Waals surface area contributed by atoms with Crippen molar-refractivity contribution in [2.75, 3.05) is 6.54 Å². The normalized spacial score (nSPS) is 14.5. The first-order valence-corrected chi connectivity index (χ1v) is 9.06. The molecule has 2 heterocycles. The predicted molar refractivity (Wildman–Crippen MR) is 96.0 cm³/mol. The van der Waals surface area contributed by atoms with Gasteiger partial charge in [0.1, 0.15) is 23.0 Å². The minimum atomic E-state index is 0.161. The van der Waals surface area contributed by atoms with E-state index in [2.05, 4.69) is 18.7 Å². The Kier molecular flexibility index (Phi) is 5.33. The molecule has 1 aliphatic carbocycles. The van der Waals surface area contributed by atoms with Gasteiger partial charge in [-0.2, -0.15) is 0 Å². The van der Waals surface area contributed by atoms with E-state index in [9.17, 15) is 4.79 Å². The highest BCUT2D eigenvalue weighted by Crippen LogP contribution is 2.29. The lowest BCUT2D eigenvalue weighted by atomic mass is 10.2. The molecule has 0 N–H and O–H groups in total. The Bertz CT molecular complexity index is 712. The Hall–Kier alpha value is -2.01. The third-order valence-corrected chi connectivity index (χ3v) is 4.65. The van der Waals surface area contributed by atoms with Crippen LogP contribution in [-0.4, -0.2) is 34.3 Å². The quantitative estimate of drug-likeness (QED) is 0.729. The summed E-state index contributed by atoms with van der Waals surface area (Å²) in [6, 6.07) is 8.48. The lowest BCUT2D eigenvalue weighted by Gasteiger charge is -2.29. The summed E-state index contributed by atoms with van der Waals surface area (Å²) in [4.78, 5) is 17.1. The molecular formula is C20H28N2O3. The van der Waals surface area contributed by atoms with Crippen molar-refractivity contribution in [1.29, 1.82) is 0 Å². The fraction of sp³-hybridized carbons (Fsp3) is 0.550. The maximum Gasteiger partial charge on any atom is 0.237 e. The van der Waals surface area contributed by atoms with E-state index < -0.39 is 0 Å². The SMILES string of the molecule is Cc1ccc(CN(CC(=O)N(Cc2ccc(C)o2)C2CC2)C(C)C)o1. The lowest BCUT2D eigenvalue weighted by molar-refractivity contribution is -0.134. The van der Waals surface area contributed by atoms with Crippen LogP contribution in [0.5, 0.6) is 0 Å². The maximum atomic E-state index is 13.0. The second-order valence-electron chi connectivity index (χ2n) is 7.28. The first kappa shape index (κ1) is 17.8. The van der Waals surface area contributed by atoms with Crippen LogP contribution in [0.3, 0.4) is 0 Å². The predicted octanol–water partition coefficient (Wildman–Crippen LogP) is 3.89. The number of rotatable bonds is 8. The molecule has 1 saturated carbocycles. The van der Waals surface area contributed by atoms with E-state index in [1.807, 2.05) is 43.0 Å². The molecule has 0 bridgehead atoms. The molecule has 0 aliphatic heterocycles. The monoisotopic (exact) mass is 344 g/mol. The van der Waals surface area contributed by atoms with Gasteiger partial charge in [-0.3, -0.25) is 9.69 Å². The summed E-state index contributed by atoms with van der Waals surface area (Å²) in [5.74, 6) is 3.70. The molecule has 136 valence electrons. The molecule has 1 aliphatic rings. The number of hydrogen-bond donors (Lipinski definition) is 0. The van der Waals surface area contributed by atoms with Gasteiger partial charge in [0.05, 0.1) is 19.6 Å². The Morgan fingerprint density at radius 1 is 1.04 bits per heavy atom. The maximum absolute atomic E-state index is 13.0. The van der Waals surface area contributed by atoms with E-state index in [4.69, 9.17) is 8.83 Å². The Balaban J connectivity index is 1.65. The van der Waals surface area contributed by atoms with Crippen LogP contribution in [0.25, 0.3) is 0 Å². The van der Waals surface area contributed by atoms with Gasteiger partial charge in [0.15, 0.2) is 0 Å². The average molecular weight is 344 g/mol. The second-order valence-corrected chi connectivity index (χ2v) is 7.28. The molecule has 2 aromatic rings. The van der Waals surface area contributed by atoms with Crippen molar-refractivity contribution in [3.63, 3.8) is 0 Å². The first-order valence-electron chi connectivity index (χ1n) is 9.06. The number of aryl methyl sites for hydroxylation is 2. The molecule has 5 nitrogen and oxygen atoms in total.